The molecule has 0 atom stereocenters. The molecule has 0 aliphatic carbocycles. The van der Waals surface area contributed by atoms with Crippen LogP contribution in [0, 0.1) is 11.3 Å². The van der Waals surface area contributed by atoms with Crippen LogP contribution in [-0.4, -0.2) is 64.5 Å². The van der Waals surface area contributed by atoms with Gasteiger partial charge in [-0.15, -0.1) is 0 Å². The highest BCUT2D eigenvalue weighted by molar-refractivity contribution is 5.90. The summed E-state index contributed by atoms with van der Waals surface area (Å²) in [5.74, 6) is 0. The Morgan fingerprint density at radius 3 is 2.33 bits per heavy atom. The Labute approximate surface area is 193 Å². The van der Waals surface area contributed by atoms with E-state index in [2.05, 4.69) is 52.2 Å². The van der Waals surface area contributed by atoms with Gasteiger partial charge >= 0.3 is 6.01 Å². The molecule has 0 saturated carbocycles. The SMILES string of the molecule is COc1nc(-c2ccc(C#N)cc2)c(-c2ccc(CN3CCN(C)CC3)cc2)c2nccn12. The molecule has 2 aromatic carbocycles. The molecule has 7 nitrogen and oxygen atoms in total. The van der Waals surface area contributed by atoms with E-state index in [1.54, 1.807) is 13.3 Å². The molecule has 7 heteroatoms. The van der Waals surface area contributed by atoms with Crippen LogP contribution in [0.3, 0.4) is 0 Å². The predicted molar refractivity (Wildman–Crippen MR) is 128 cm³/mol. The fourth-order valence-electron chi connectivity index (χ4n) is 4.32. The number of hydrogen-bond acceptors (Lipinski definition) is 6. The first-order chi connectivity index (χ1) is 16.2. The van der Waals surface area contributed by atoms with E-state index in [-0.39, 0.29) is 0 Å². The number of methoxy groups -OCH3 is 1. The molecule has 0 amide bonds. The van der Waals surface area contributed by atoms with Gasteiger partial charge in [0.2, 0.25) is 0 Å². The zero-order chi connectivity index (χ0) is 22.8. The van der Waals surface area contributed by atoms with Gasteiger partial charge in [-0.3, -0.25) is 9.30 Å². The van der Waals surface area contributed by atoms with Crippen LogP contribution in [0.2, 0.25) is 0 Å². The van der Waals surface area contributed by atoms with Crippen molar-refractivity contribution in [1.29, 1.82) is 5.26 Å². The average molecular weight is 439 g/mol. The number of hydrogen-bond donors (Lipinski definition) is 0. The van der Waals surface area contributed by atoms with Crippen LogP contribution < -0.4 is 4.74 Å². The van der Waals surface area contributed by atoms with E-state index in [1.807, 2.05) is 34.9 Å². The molecule has 3 heterocycles. The minimum atomic E-state index is 0.470. The summed E-state index contributed by atoms with van der Waals surface area (Å²) < 4.78 is 7.41. The molecule has 1 fully saturated rings. The number of nitrogens with zero attached hydrogens (tertiary/aromatic N) is 6. The molecule has 1 saturated heterocycles. The molecule has 0 bridgehead atoms. The minimum Gasteiger partial charge on any atom is -0.468 e. The normalized spacial score (nSPS) is 14.9. The fraction of sp³-hybridized carbons (Fsp3) is 0.269. The van der Waals surface area contributed by atoms with Gasteiger partial charge in [-0.25, -0.2) is 4.98 Å². The Kier molecular flexibility index (Phi) is 5.78. The molecule has 166 valence electrons. The topological polar surface area (TPSA) is 69.7 Å². The van der Waals surface area contributed by atoms with Gasteiger partial charge in [0.15, 0.2) is 5.65 Å². The monoisotopic (exact) mass is 438 g/mol. The van der Waals surface area contributed by atoms with E-state index >= 15 is 0 Å². The molecular weight excluding hydrogens is 412 g/mol. The first-order valence-electron chi connectivity index (χ1n) is 11.1. The second-order valence-electron chi connectivity index (χ2n) is 8.41. The van der Waals surface area contributed by atoms with Crippen molar-refractivity contribution in [2.75, 3.05) is 40.3 Å². The Bertz CT molecular complexity index is 1300. The molecule has 1 aliphatic rings. The van der Waals surface area contributed by atoms with Crippen molar-refractivity contribution in [3.05, 3.63) is 72.1 Å². The Morgan fingerprint density at radius 1 is 0.970 bits per heavy atom. The first-order valence-corrected chi connectivity index (χ1v) is 11.1. The molecule has 0 spiro atoms. The second kappa shape index (κ2) is 9.02. The van der Waals surface area contributed by atoms with E-state index < -0.39 is 0 Å². The van der Waals surface area contributed by atoms with Crippen LogP contribution in [0.15, 0.2) is 60.9 Å². The van der Waals surface area contributed by atoms with Crippen LogP contribution in [0.5, 0.6) is 6.01 Å². The van der Waals surface area contributed by atoms with Crippen molar-refractivity contribution in [1.82, 2.24) is 24.2 Å². The maximum absolute atomic E-state index is 9.18. The van der Waals surface area contributed by atoms with Crippen molar-refractivity contribution < 1.29 is 4.74 Å². The summed E-state index contributed by atoms with van der Waals surface area (Å²) in [6.45, 7) is 5.37. The van der Waals surface area contributed by atoms with Gasteiger partial charge in [0.1, 0.15) is 0 Å². The standard InChI is InChI=1S/C26H26N6O/c1-30-13-15-31(16-14-30)18-20-5-7-21(8-6-20)23-24(22-9-3-19(17-27)4-10-22)29-26(33-2)32-12-11-28-25(23)32/h3-12H,13-16,18H2,1-2H3. The third kappa shape index (κ3) is 4.19. The van der Waals surface area contributed by atoms with Crippen LogP contribution >= 0.6 is 0 Å². The summed E-state index contributed by atoms with van der Waals surface area (Å²) in [7, 11) is 3.79. The Balaban J connectivity index is 1.55. The highest BCUT2D eigenvalue weighted by atomic mass is 16.5. The van der Waals surface area contributed by atoms with Gasteiger partial charge in [-0.1, -0.05) is 36.4 Å². The van der Waals surface area contributed by atoms with E-state index in [4.69, 9.17) is 9.72 Å². The van der Waals surface area contributed by atoms with Gasteiger partial charge in [0.25, 0.3) is 0 Å². The van der Waals surface area contributed by atoms with Gasteiger partial charge in [0.05, 0.1) is 30.0 Å². The van der Waals surface area contributed by atoms with E-state index in [1.165, 1.54) is 5.56 Å². The lowest BCUT2D eigenvalue weighted by molar-refractivity contribution is 0.148. The molecule has 0 radical (unpaired) electrons. The number of likely N-dealkylation sites (N-methyl/N-ethyl adjacent to an activating group) is 1. The molecule has 0 N–H and O–H groups in total. The van der Waals surface area contributed by atoms with E-state index in [9.17, 15) is 5.26 Å². The van der Waals surface area contributed by atoms with Crippen LogP contribution in [0.1, 0.15) is 11.1 Å². The summed E-state index contributed by atoms with van der Waals surface area (Å²) in [5.41, 5.74) is 6.37. The number of fused-ring (bicyclic) bond motifs is 1. The average Bonchev–Trinajstić information content (AvgIpc) is 3.35. The van der Waals surface area contributed by atoms with Crippen molar-refractivity contribution >= 4 is 5.65 Å². The molecule has 33 heavy (non-hydrogen) atoms. The zero-order valence-corrected chi connectivity index (χ0v) is 18.9. The highest BCUT2D eigenvalue weighted by Crippen LogP contribution is 2.36. The number of nitriles is 1. The number of piperazine rings is 1. The van der Waals surface area contributed by atoms with E-state index in [0.29, 0.717) is 11.6 Å². The summed E-state index contributed by atoms with van der Waals surface area (Å²) >= 11 is 0. The molecule has 4 aromatic rings. The van der Waals surface area contributed by atoms with Crippen molar-refractivity contribution in [3.63, 3.8) is 0 Å². The molecular formula is C26H26N6O. The smallest absolute Gasteiger partial charge is 0.302 e. The van der Waals surface area contributed by atoms with Crippen LogP contribution in [-0.2, 0) is 6.54 Å². The van der Waals surface area contributed by atoms with Crippen molar-refractivity contribution in [2.45, 2.75) is 6.54 Å². The number of imidazole rings is 1. The number of aromatic nitrogens is 3. The Hall–Kier alpha value is -3.73. The van der Waals surface area contributed by atoms with Gasteiger partial charge < -0.3 is 9.64 Å². The summed E-state index contributed by atoms with van der Waals surface area (Å²) in [4.78, 5) is 14.3. The van der Waals surface area contributed by atoms with Gasteiger partial charge in [-0.2, -0.15) is 10.2 Å². The van der Waals surface area contributed by atoms with Crippen LogP contribution in [0.4, 0.5) is 0 Å². The fourth-order valence-corrected chi connectivity index (χ4v) is 4.32. The number of ether oxygens (including phenoxy) is 1. The third-order valence-corrected chi connectivity index (χ3v) is 6.23. The third-order valence-electron chi connectivity index (χ3n) is 6.23. The summed E-state index contributed by atoms with van der Waals surface area (Å²) in [6.07, 6.45) is 3.61. The van der Waals surface area contributed by atoms with Crippen LogP contribution in [0.25, 0.3) is 28.0 Å². The lowest BCUT2D eigenvalue weighted by atomic mass is 9.98. The quantitative estimate of drug-likeness (QED) is 0.473. The maximum Gasteiger partial charge on any atom is 0.302 e. The lowest BCUT2D eigenvalue weighted by Gasteiger charge is -2.32. The minimum absolute atomic E-state index is 0.470. The number of benzene rings is 2. The van der Waals surface area contributed by atoms with Crippen molar-refractivity contribution in [2.24, 2.45) is 0 Å². The Morgan fingerprint density at radius 2 is 1.67 bits per heavy atom. The van der Waals surface area contributed by atoms with Gasteiger partial charge in [-0.05, 0) is 30.3 Å². The molecule has 0 unspecified atom stereocenters. The zero-order valence-electron chi connectivity index (χ0n) is 18.9. The molecule has 5 rings (SSSR count). The molecule has 2 aromatic heterocycles. The highest BCUT2D eigenvalue weighted by Gasteiger charge is 2.19. The maximum atomic E-state index is 9.18. The number of rotatable bonds is 5. The predicted octanol–water partition coefficient (Wildman–Crippen LogP) is 3.69. The first kappa shape index (κ1) is 21.1. The van der Waals surface area contributed by atoms with E-state index in [0.717, 1.165) is 60.8 Å². The van der Waals surface area contributed by atoms with Gasteiger partial charge in [0, 0.05) is 50.7 Å². The summed E-state index contributed by atoms with van der Waals surface area (Å²) in [6, 6.07) is 18.8. The second-order valence-corrected chi connectivity index (χ2v) is 8.41. The summed E-state index contributed by atoms with van der Waals surface area (Å²) in [5, 5.41) is 9.18. The lowest BCUT2D eigenvalue weighted by Crippen LogP contribution is -2.43. The molecule has 1 aliphatic heterocycles. The largest absolute Gasteiger partial charge is 0.468 e. The van der Waals surface area contributed by atoms with Crippen molar-refractivity contribution in [3.8, 4) is 34.5 Å².